The zero-order chi connectivity index (χ0) is 18.6. The summed E-state index contributed by atoms with van der Waals surface area (Å²) >= 11 is 0. The summed E-state index contributed by atoms with van der Waals surface area (Å²) < 4.78 is 10.7. The fourth-order valence-electron chi connectivity index (χ4n) is 3.75. The van der Waals surface area contributed by atoms with E-state index in [1.807, 2.05) is 30.3 Å². The lowest BCUT2D eigenvalue weighted by atomic mass is 10.00. The standard InChI is InChI=1S/C21H25N3O3/c1-2-17-5-3-4-10-24(17)20-9-7-16(13-22-20)21(25)23-12-15-6-8-18-19(11-15)27-14-26-18/h6-9,11,13,17H,2-5,10,12,14H2,1H3,(H,23,25). The summed E-state index contributed by atoms with van der Waals surface area (Å²) in [6.07, 6.45) is 6.51. The Hall–Kier alpha value is -2.76. The summed E-state index contributed by atoms with van der Waals surface area (Å²) in [7, 11) is 0. The fraction of sp³-hybridized carbons (Fsp3) is 0.429. The fourth-order valence-corrected chi connectivity index (χ4v) is 3.75. The van der Waals surface area contributed by atoms with Crippen LogP contribution in [0, 0.1) is 0 Å². The molecule has 2 aliphatic rings. The van der Waals surface area contributed by atoms with Crippen LogP contribution in [0.5, 0.6) is 11.5 Å². The van der Waals surface area contributed by atoms with Crippen molar-refractivity contribution in [2.75, 3.05) is 18.2 Å². The molecule has 1 unspecified atom stereocenters. The predicted octanol–water partition coefficient (Wildman–Crippen LogP) is 3.51. The number of piperidine rings is 1. The average molecular weight is 367 g/mol. The van der Waals surface area contributed by atoms with Gasteiger partial charge in [0.05, 0.1) is 5.56 Å². The van der Waals surface area contributed by atoms with Crippen LogP contribution in [0.15, 0.2) is 36.5 Å². The van der Waals surface area contributed by atoms with E-state index in [0.29, 0.717) is 18.2 Å². The lowest BCUT2D eigenvalue weighted by Crippen LogP contribution is -2.39. The summed E-state index contributed by atoms with van der Waals surface area (Å²) in [6, 6.07) is 10.1. The summed E-state index contributed by atoms with van der Waals surface area (Å²) in [6.45, 7) is 3.95. The number of hydrogen-bond donors (Lipinski definition) is 1. The third-order valence-electron chi connectivity index (χ3n) is 5.29. The molecule has 2 aliphatic heterocycles. The number of carbonyl (C=O) groups is 1. The third kappa shape index (κ3) is 3.84. The molecule has 0 bridgehead atoms. The van der Waals surface area contributed by atoms with E-state index in [0.717, 1.165) is 35.8 Å². The second-order valence-corrected chi connectivity index (χ2v) is 7.03. The number of amides is 1. The van der Waals surface area contributed by atoms with Crippen LogP contribution in [0.1, 0.15) is 48.5 Å². The molecule has 1 N–H and O–H groups in total. The highest BCUT2D eigenvalue weighted by Gasteiger charge is 2.22. The Morgan fingerprint density at radius 1 is 1.22 bits per heavy atom. The zero-order valence-electron chi connectivity index (χ0n) is 15.6. The number of hydrogen-bond acceptors (Lipinski definition) is 5. The van der Waals surface area contributed by atoms with Crippen molar-refractivity contribution in [1.29, 1.82) is 0 Å². The molecule has 0 radical (unpaired) electrons. The monoisotopic (exact) mass is 367 g/mol. The minimum Gasteiger partial charge on any atom is -0.454 e. The molecule has 0 saturated carbocycles. The van der Waals surface area contributed by atoms with E-state index >= 15 is 0 Å². The highest BCUT2D eigenvalue weighted by molar-refractivity contribution is 5.94. The molecule has 1 amide bonds. The molecule has 2 aromatic rings. The van der Waals surface area contributed by atoms with E-state index in [4.69, 9.17) is 9.47 Å². The van der Waals surface area contributed by atoms with Crippen molar-refractivity contribution in [3.8, 4) is 11.5 Å². The third-order valence-corrected chi connectivity index (χ3v) is 5.29. The molecule has 1 saturated heterocycles. The number of rotatable bonds is 5. The van der Waals surface area contributed by atoms with Crippen molar-refractivity contribution in [3.05, 3.63) is 47.7 Å². The molecular weight excluding hydrogens is 342 g/mol. The van der Waals surface area contributed by atoms with Crippen LogP contribution in [-0.4, -0.2) is 30.3 Å². The van der Waals surface area contributed by atoms with Crippen molar-refractivity contribution in [2.45, 2.75) is 45.2 Å². The number of aromatic nitrogens is 1. The summed E-state index contributed by atoms with van der Waals surface area (Å²) in [5.74, 6) is 2.30. The molecule has 4 rings (SSSR count). The van der Waals surface area contributed by atoms with Crippen LogP contribution in [-0.2, 0) is 6.54 Å². The van der Waals surface area contributed by atoms with E-state index in [9.17, 15) is 4.79 Å². The first-order chi connectivity index (χ1) is 13.2. The van der Waals surface area contributed by atoms with Crippen LogP contribution in [0.4, 0.5) is 5.82 Å². The maximum atomic E-state index is 12.4. The predicted molar refractivity (Wildman–Crippen MR) is 103 cm³/mol. The zero-order valence-corrected chi connectivity index (χ0v) is 15.6. The van der Waals surface area contributed by atoms with Crippen LogP contribution in [0.3, 0.4) is 0 Å². The molecule has 3 heterocycles. The first-order valence-electron chi connectivity index (χ1n) is 9.64. The van der Waals surface area contributed by atoms with Gasteiger partial charge in [-0.05, 0) is 55.5 Å². The van der Waals surface area contributed by atoms with Crippen molar-refractivity contribution >= 4 is 11.7 Å². The molecule has 6 heteroatoms. The quantitative estimate of drug-likeness (QED) is 0.876. The van der Waals surface area contributed by atoms with Crippen molar-refractivity contribution < 1.29 is 14.3 Å². The van der Waals surface area contributed by atoms with Gasteiger partial charge in [0, 0.05) is 25.3 Å². The number of carbonyl (C=O) groups excluding carboxylic acids is 1. The molecule has 1 fully saturated rings. The molecule has 0 spiro atoms. The molecule has 6 nitrogen and oxygen atoms in total. The highest BCUT2D eigenvalue weighted by atomic mass is 16.7. The van der Waals surface area contributed by atoms with Gasteiger partial charge in [-0.1, -0.05) is 13.0 Å². The summed E-state index contributed by atoms with van der Waals surface area (Å²) in [5.41, 5.74) is 1.54. The molecule has 0 aliphatic carbocycles. The molecule has 1 aromatic heterocycles. The minimum absolute atomic E-state index is 0.127. The number of benzene rings is 1. The lowest BCUT2D eigenvalue weighted by molar-refractivity contribution is 0.0950. The Labute approximate surface area is 159 Å². The Morgan fingerprint density at radius 2 is 2.11 bits per heavy atom. The maximum absolute atomic E-state index is 12.4. The number of nitrogens with one attached hydrogen (secondary N) is 1. The van der Waals surface area contributed by atoms with Gasteiger partial charge in [-0.3, -0.25) is 4.79 Å². The van der Waals surface area contributed by atoms with Gasteiger partial charge < -0.3 is 19.7 Å². The largest absolute Gasteiger partial charge is 0.454 e. The molecule has 1 atom stereocenters. The van der Waals surface area contributed by atoms with E-state index in [1.165, 1.54) is 19.3 Å². The Morgan fingerprint density at radius 3 is 2.93 bits per heavy atom. The summed E-state index contributed by atoms with van der Waals surface area (Å²) in [5, 5.41) is 2.94. The maximum Gasteiger partial charge on any atom is 0.253 e. The van der Waals surface area contributed by atoms with E-state index in [1.54, 1.807) is 6.20 Å². The van der Waals surface area contributed by atoms with Gasteiger partial charge in [-0.25, -0.2) is 4.98 Å². The van der Waals surface area contributed by atoms with Crippen molar-refractivity contribution in [3.63, 3.8) is 0 Å². The normalized spacial score (nSPS) is 18.4. The lowest BCUT2D eigenvalue weighted by Gasteiger charge is -2.36. The first-order valence-corrected chi connectivity index (χ1v) is 9.64. The van der Waals surface area contributed by atoms with Crippen LogP contribution >= 0.6 is 0 Å². The smallest absolute Gasteiger partial charge is 0.253 e. The Bertz CT molecular complexity index is 807. The van der Waals surface area contributed by atoms with Gasteiger partial charge in [0.1, 0.15) is 5.82 Å². The molecule has 27 heavy (non-hydrogen) atoms. The topological polar surface area (TPSA) is 63.7 Å². The van der Waals surface area contributed by atoms with E-state index in [-0.39, 0.29) is 12.7 Å². The van der Waals surface area contributed by atoms with Gasteiger partial charge in [-0.15, -0.1) is 0 Å². The van der Waals surface area contributed by atoms with Gasteiger partial charge in [0.2, 0.25) is 6.79 Å². The Balaban J connectivity index is 1.37. The second kappa shape index (κ2) is 7.86. The van der Waals surface area contributed by atoms with Crippen LogP contribution in [0.2, 0.25) is 0 Å². The number of pyridine rings is 1. The number of ether oxygens (including phenoxy) is 2. The van der Waals surface area contributed by atoms with Crippen LogP contribution < -0.4 is 19.7 Å². The molecular formula is C21H25N3O3. The highest BCUT2D eigenvalue weighted by Crippen LogP contribution is 2.32. The van der Waals surface area contributed by atoms with Gasteiger partial charge in [0.25, 0.3) is 5.91 Å². The minimum atomic E-state index is -0.127. The SMILES string of the molecule is CCC1CCCCN1c1ccc(C(=O)NCc2ccc3c(c2)OCO3)cn1. The van der Waals surface area contributed by atoms with Gasteiger partial charge >= 0.3 is 0 Å². The second-order valence-electron chi connectivity index (χ2n) is 7.03. The van der Waals surface area contributed by atoms with Gasteiger partial charge in [0.15, 0.2) is 11.5 Å². The number of anilines is 1. The molecule has 142 valence electrons. The molecule has 1 aromatic carbocycles. The number of fused-ring (bicyclic) bond motifs is 1. The van der Waals surface area contributed by atoms with Crippen LogP contribution in [0.25, 0.3) is 0 Å². The van der Waals surface area contributed by atoms with E-state index < -0.39 is 0 Å². The summed E-state index contributed by atoms with van der Waals surface area (Å²) in [4.78, 5) is 19.4. The average Bonchev–Trinajstić information content (AvgIpc) is 3.20. The van der Waals surface area contributed by atoms with Crippen molar-refractivity contribution in [2.24, 2.45) is 0 Å². The number of nitrogens with zero attached hydrogens (tertiary/aromatic N) is 2. The van der Waals surface area contributed by atoms with Gasteiger partial charge in [-0.2, -0.15) is 0 Å². The first kappa shape index (κ1) is 17.6. The Kier molecular flexibility index (Phi) is 5.14. The van der Waals surface area contributed by atoms with Crippen molar-refractivity contribution in [1.82, 2.24) is 10.3 Å². The van der Waals surface area contributed by atoms with E-state index in [2.05, 4.69) is 22.1 Å².